The van der Waals surface area contributed by atoms with Gasteiger partial charge in [0.15, 0.2) is 0 Å². The van der Waals surface area contributed by atoms with E-state index in [1.807, 2.05) is 6.92 Å². The van der Waals surface area contributed by atoms with Gasteiger partial charge in [-0.3, -0.25) is 9.59 Å². The van der Waals surface area contributed by atoms with Crippen molar-refractivity contribution in [1.29, 1.82) is 0 Å². The Morgan fingerprint density at radius 1 is 1.00 bits per heavy atom. The summed E-state index contributed by atoms with van der Waals surface area (Å²) in [6, 6.07) is 0. The van der Waals surface area contributed by atoms with Gasteiger partial charge in [-0.2, -0.15) is 0 Å². The maximum absolute atomic E-state index is 11.1. The SMILES string of the molecule is CCOCCC(=O)CCC(=O)OCC. The van der Waals surface area contributed by atoms with E-state index in [-0.39, 0.29) is 24.6 Å². The van der Waals surface area contributed by atoms with E-state index in [0.717, 1.165) is 0 Å². The summed E-state index contributed by atoms with van der Waals surface area (Å²) in [4.78, 5) is 22.0. The van der Waals surface area contributed by atoms with Gasteiger partial charge in [0.2, 0.25) is 0 Å². The van der Waals surface area contributed by atoms with Gasteiger partial charge in [-0.1, -0.05) is 0 Å². The third-order valence-electron chi connectivity index (χ3n) is 1.64. The molecule has 0 fully saturated rings. The van der Waals surface area contributed by atoms with Crippen LogP contribution in [0.1, 0.15) is 33.1 Å². The molecule has 0 aliphatic heterocycles. The molecule has 14 heavy (non-hydrogen) atoms. The van der Waals surface area contributed by atoms with E-state index in [1.165, 1.54) is 0 Å². The van der Waals surface area contributed by atoms with E-state index in [0.29, 0.717) is 26.2 Å². The maximum atomic E-state index is 11.1. The standard InChI is InChI=1S/C10H18O4/c1-3-13-8-7-9(11)5-6-10(12)14-4-2/h3-8H2,1-2H3. The Bertz CT molecular complexity index is 177. The summed E-state index contributed by atoms with van der Waals surface area (Å²) in [6.07, 6.45) is 0.817. The lowest BCUT2D eigenvalue weighted by Crippen LogP contribution is -2.09. The van der Waals surface area contributed by atoms with E-state index >= 15 is 0 Å². The zero-order valence-corrected chi connectivity index (χ0v) is 8.88. The Hall–Kier alpha value is -0.900. The van der Waals surface area contributed by atoms with Gasteiger partial charge in [-0.25, -0.2) is 0 Å². The van der Waals surface area contributed by atoms with Crippen LogP contribution in [-0.4, -0.2) is 31.6 Å². The molecule has 0 aromatic carbocycles. The van der Waals surface area contributed by atoms with Crippen molar-refractivity contribution >= 4 is 11.8 Å². The predicted octanol–water partition coefficient (Wildman–Crippen LogP) is 1.33. The first-order valence-corrected chi connectivity index (χ1v) is 4.95. The molecule has 82 valence electrons. The third-order valence-corrected chi connectivity index (χ3v) is 1.64. The van der Waals surface area contributed by atoms with Gasteiger partial charge in [-0.15, -0.1) is 0 Å². The monoisotopic (exact) mass is 202 g/mol. The van der Waals surface area contributed by atoms with Gasteiger partial charge in [0.25, 0.3) is 0 Å². The van der Waals surface area contributed by atoms with Crippen LogP contribution < -0.4 is 0 Å². The van der Waals surface area contributed by atoms with Crippen molar-refractivity contribution < 1.29 is 19.1 Å². The van der Waals surface area contributed by atoms with E-state index in [9.17, 15) is 9.59 Å². The highest BCUT2D eigenvalue weighted by Gasteiger charge is 2.06. The van der Waals surface area contributed by atoms with Crippen molar-refractivity contribution in [2.75, 3.05) is 19.8 Å². The van der Waals surface area contributed by atoms with Crippen LogP contribution in [-0.2, 0) is 19.1 Å². The molecule has 0 aromatic rings. The zero-order chi connectivity index (χ0) is 10.8. The van der Waals surface area contributed by atoms with Gasteiger partial charge in [0.05, 0.1) is 19.6 Å². The van der Waals surface area contributed by atoms with Gasteiger partial charge in [0, 0.05) is 19.4 Å². The fraction of sp³-hybridized carbons (Fsp3) is 0.800. The van der Waals surface area contributed by atoms with Crippen molar-refractivity contribution in [2.45, 2.75) is 33.1 Å². The second-order valence-electron chi connectivity index (χ2n) is 2.79. The molecule has 0 N–H and O–H groups in total. The molecule has 0 bridgehead atoms. The zero-order valence-electron chi connectivity index (χ0n) is 8.88. The van der Waals surface area contributed by atoms with Crippen LogP contribution in [0.5, 0.6) is 0 Å². The van der Waals surface area contributed by atoms with Crippen molar-refractivity contribution in [3.63, 3.8) is 0 Å². The number of esters is 1. The largest absolute Gasteiger partial charge is 0.466 e. The van der Waals surface area contributed by atoms with Crippen molar-refractivity contribution in [1.82, 2.24) is 0 Å². The molecule has 0 spiro atoms. The second-order valence-corrected chi connectivity index (χ2v) is 2.79. The third kappa shape index (κ3) is 7.73. The number of rotatable bonds is 8. The average Bonchev–Trinajstić information content (AvgIpc) is 2.16. The molecule has 0 amide bonds. The Balaban J connectivity index is 3.39. The first-order valence-electron chi connectivity index (χ1n) is 4.95. The Morgan fingerprint density at radius 2 is 1.71 bits per heavy atom. The lowest BCUT2D eigenvalue weighted by molar-refractivity contribution is -0.144. The Kier molecular flexibility index (Phi) is 8.13. The van der Waals surface area contributed by atoms with Crippen molar-refractivity contribution in [2.24, 2.45) is 0 Å². The van der Waals surface area contributed by atoms with Crippen LogP contribution in [0.3, 0.4) is 0 Å². The molecule has 0 rings (SSSR count). The molecule has 0 atom stereocenters. The van der Waals surface area contributed by atoms with E-state index in [2.05, 4.69) is 0 Å². The first kappa shape index (κ1) is 13.1. The molecule has 0 unspecified atom stereocenters. The number of ether oxygens (including phenoxy) is 2. The van der Waals surface area contributed by atoms with E-state index in [4.69, 9.17) is 9.47 Å². The minimum atomic E-state index is -0.308. The van der Waals surface area contributed by atoms with Crippen molar-refractivity contribution in [3.8, 4) is 0 Å². The normalized spacial score (nSPS) is 9.86. The minimum absolute atomic E-state index is 0.0477. The van der Waals surface area contributed by atoms with Gasteiger partial charge >= 0.3 is 5.97 Å². The summed E-state index contributed by atoms with van der Waals surface area (Å²) >= 11 is 0. The molecular weight excluding hydrogens is 184 g/mol. The molecule has 0 aromatic heterocycles. The molecular formula is C10H18O4. The van der Waals surface area contributed by atoms with E-state index in [1.54, 1.807) is 6.92 Å². The molecule has 0 radical (unpaired) electrons. The van der Waals surface area contributed by atoms with Crippen LogP contribution in [0, 0.1) is 0 Å². The molecule has 0 saturated carbocycles. The second kappa shape index (κ2) is 8.69. The molecule has 0 aliphatic rings. The van der Waals surface area contributed by atoms with Crippen LogP contribution in [0.25, 0.3) is 0 Å². The predicted molar refractivity (Wildman–Crippen MR) is 52.0 cm³/mol. The smallest absolute Gasteiger partial charge is 0.306 e. The number of ketones is 1. The summed E-state index contributed by atoms with van der Waals surface area (Å²) < 4.78 is 9.72. The highest BCUT2D eigenvalue weighted by Crippen LogP contribution is 1.98. The number of carbonyl (C=O) groups is 2. The molecule has 0 heterocycles. The molecule has 0 aliphatic carbocycles. The number of carbonyl (C=O) groups excluding carboxylic acids is 2. The fourth-order valence-electron chi connectivity index (χ4n) is 0.930. The number of hydrogen-bond donors (Lipinski definition) is 0. The number of hydrogen-bond acceptors (Lipinski definition) is 4. The molecule has 0 saturated heterocycles. The quantitative estimate of drug-likeness (QED) is 0.440. The molecule has 4 nitrogen and oxygen atoms in total. The molecule has 4 heteroatoms. The fourth-order valence-corrected chi connectivity index (χ4v) is 0.930. The maximum Gasteiger partial charge on any atom is 0.306 e. The highest BCUT2D eigenvalue weighted by atomic mass is 16.5. The average molecular weight is 202 g/mol. The minimum Gasteiger partial charge on any atom is -0.466 e. The summed E-state index contributed by atoms with van der Waals surface area (Å²) in [5, 5.41) is 0. The van der Waals surface area contributed by atoms with Gasteiger partial charge in [-0.05, 0) is 13.8 Å². The van der Waals surface area contributed by atoms with Crippen LogP contribution in [0.15, 0.2) is 0 Å². The Labute approximate surface area is 84.6 Å². The lowest BCUT2D eigenvalue weighted by Gasteiger charge is -2.01. The summed E-state index contributed by atoms with van der Waals surface area (Å²) in [5.74, 6) is -0.260. The van der Waals surface area contributed by atoms with Crippen LogP contribution >= 0.6 is 0 Å². The topological polar surface area (TPSA) is 52.6 Å². The summed E-state index contributed by atoms with van der Waals surface area (Å²) in [7, 11) is 0. The summed E-state index contributed by atoms with van der Waals surface area (Å²) in [5.41, 5.74) is 0. The van der Waals surface area contributed by atoms with Crippen molar-refractivity contribution in [3.05, 3.63) is 0 Å². The first-order chi connectivity index (χ1) is 6.70. The van der Waals surface area contributed by atoms with Gasteiger partial charge in [0.1, 0.15) is 5.78 Å². The van der Waals surface area contributed by atoms with Crippen LogP contribution in [0.4, 0.5) is 0 Å². The number of Topliss-reactive ketones (excluding diaryl/α,β-unsaturated/α-hetero) is 1. The summed E-state index contributed by atoms with van der Waals surface area (Å²) in [6.45, 7) is 5.05. The van der Waals surface area contributed by atoms with Gasteiger partial charge < -0.3 is 9.47 Å². The Morgan fingerprint density at radius 3 is 2.29 bits per heavy atom. The lowest BCUT2D eigenvalue weighted by atomic mass is 10.2. The van der Waals surface area contributed by atoms with Crippen LogP contribution in [0.2, 0.25) is 0 Å². The van der Waals surface area contributed by atoms with E-state index < -0.39 is 0 Å². The highest BCUT2D eigenvalue weighted by molar-refractivity contribution is 5.82.